The van der Waals surface area contributed by atoms with E-state index in [1.165, 1.54) is 18.5 Å². The van der Waals surface area contributed by atoms with Crippen molar-refractivity contribution in [3.8, 4) is 0 Å². The Hall–Kier alpha value is -1.51. The molecule has 0 aliphatic heterocycles. The van der Waals surface area contributed by atoms with Gasteiger partial charge in [0.1, 0.15) is 0 Å². The minimum atomic E-state index is -4.16. The van der Waals surface area contributed by atoms with E-state index in [0.29, 0.717) is 0 Å². The van der Waals surface area contributed by atoms with Crippen LogP contribution in [0.3, 0.4) is 0 Å². The Kier molecular flexibility index (Phi) is 5.45. The number of pyridine rings is 1. The van der Waals surface area contributed by atoms with E-state index in [0.717, 1.165) is 7.11 Å². The fraction of sp³-hybridized carbons (Fsp3) is 0.143. The van der Waals surface area contributed by atoms with Gasteiger partial charge in [0.2, 0.25) is 0 Å². The number of nitrogens with zero attached hydrogens (tertiary/aromatic N) is 1. The molecule has 2 N–H and O–H groups in total. The number of carboxylic acids is 1. The normalized spacial score (nSPS) is 10.0. The average Bonchev–Trinajstić information content (AvgIpc) is 2.19. The predicted molar refractivity (Wildman–Crippen MR) is 49.8 cm³/mol. The van der Waals surface area contributed by atoms with Gasteiger partial charge in [0.15, 0.2) is 0 Å². The Labute approximate surface area is 86.3 Å². The Bertz CT molecular complexity index is 401. The smallest absolute Gasteiger partial charge is 0.397 e. The molecule has 0 aliphatic carbocycles. The molecule has 1 aromatic heterocycles. The summed E-state index contributed by atoms with van der Waals surface area (Å²) >= 11 is 0. The molecule has 0 atom stereocenters. The highest BCUT2D eigenvalue weighted by molar-refractivity contribution is 7.80. The van der Waals surface area contributed by atoms with Crippen molar-refractivity contribution >= 4 is 16.4 Å². The van der Waals surface area contributed by atoms with Gasteiger partial charge in [-0.1, -0.05) is 0 Å². The van der Waals surface area contributed by atoms with Crippen LogP contribution in [0.25, 0.3) is 0 Å². The zero-order valence-corrected chi connectivity index (χ0v) is 8.51. The first-order valence-corrected chi connectivity index (χ1v) is 4.89. The van der Waals surface area contributed by atoms with Crippen molar-refractivity contribution in [2.24, 2.45) is 0 Å². The highest BCUT2D eigenvalue weighted by Gasteiger charge is 1.97. The van der Waals surface area contributed by atoms with Crippen molar-refractivity contribution in [3.63, 3.8) is 0 Å². The number of hydrogen-bond acceptors (Lipinski definition) is 5. The van der Waals surface area contributed by atoms with Crippen LogP contribution in [0.1, 0.15) is 10.4 Å². The molecule has 84 valence electrons. The molecule has 7 nitrogen and oxygen atoms in total. The Morgan fingerprint density at radius 3 is 2.27 bits per heavy atom. The van der Waals surface area contributed by atoms with Crippen molar-refractivity contribution in [1.29, 1.82) is 0 Å². The predicted octanol–water partition coefficient (Wildman–Crippen LogP) is 0.215. The molecule has 1 aromatic rings. The molecule has 0 bridgehead atoms. The molecule has 0 aliphatic rings. The molecule has 0 unspecified atom stereocenters. The van der Waals surface area contributed by atoms with Crippen LogP contribution in [0.5, 0.6) is 0 Å². The van der Waals surface area contributed by atoms with Crippen LogP contribution in [-0.4, -0.2) is 36.1 Å². The maximum absolute atomic E-state index is 10.2. The van der Waals surface area contributed by atoms with E-state index in [-0.39, 0.29) is 5.56 Å². The molecule has 15 heavy (non-hydrogen) atoms. The van der Waals surface area contributed by atoms with Gasteiger partial charge in [-0.15, -0.1) is 0 Å². The lowest BCUT2D eigenvalue weighted by Crippen LogP contribution is -1.96. The number of carbonyl (C=O) groups is 1. The van der Waals surface area contributed by atoms with E-state index in [1.807, 2.05) is 0 Å². The molecule has 0 aromatic carbocycles. The molecule has 0 spiro atoms. The zero-order chi connectivity index (χ0) is 11.9. The Balaban J connectivity index is 0.000000288. The first-order valence-electron chi connectivity index (χ1n) is 3.53. The minimum Gasteiger partial charge on any atom is -0.478 e. The lowest BCUT2D eigenvalue weighted by Gasteiger charge is -1.87. The van der Waals surface area contributed by atoms with Gasteiger partial charge in [-0.05, 0) is 12.1 Å². The van der Waals surface area contributed by atoms with E-state index in [1.54, 1.807) is 6.07 Å². The quantitative estimate of drug-likeness (QED) is 0.704. The second-order valence-corrected chi connectivity index (χ2v) is 3.33. The van der Waals surface area contributed by atoms with Gasteiger partial charge in [0.05, 0.1) is 12.7 Å². The molecular weight excluding hydrogens is 226 g/mol. The van der Waals surface area contributed by atoms with Crippen LogP contribution in [0.2, 0.25) is 0 Å². The molecule has 8 heteroatoms. The number of carboxylic acid groups (broad SMARTS) is 1. The highest BCUT2D eigenvalue weighted by atomic mass is 32.3. The third-order valence-electron chi connectivity index (χ3n) is 1.12. The van der Waals surface area contributed by atoms with Crippen LogP contribution >= 0.6 is 0 Å². The first-order chi connectivity index (χ1) is 6.87. The second-order valence-electron chi connectivity index (χ2n) is 2.14. The molecule has 0 radical (unpaired) electrons. The summed E-state index contributed by atoms with van der Waals surface area (Å²) in [6.07, 6.45) is 2.84. The number of hydrogen-bond donors (Lipinski definition) is 2. The van der Waals surface area contributed by atoms with Gasteiger partial charge in [-0.3, -0.25) is 13.7 Å². The van der Waals surface area contributed by atoms with Crippen LogP contribution in [0.4, 0.5) is 0 Å². The van der Waals surface area contributed by atoms with E-state index in [9.17, 15) is 13.2 Å². The fourth-order valence-electron chi connectivity index (χ4n) is 0.489. The molecular formula is C7H9NO6S. The third-order valence-corrected chi connectivity index (χ3v) is 1.54. The van der Waals surface area contributed by atoms with Gasteiger partial charge >= 0.3 is 16.4 Å². The molecule has 0 amide bonds. The Morgan fingerprint density at radius 1 is 1.53 bits per heavy atom. The van der Waals surface area contributed by atoms with Crippen molar-refractivity contribution in [2.75, 3.05) is 7.11 Å². The monoisotopic (exact) mass is 235 g/mol. The van der Waals surface area contributed by atoms with Crippen molar-refractivity contribution < 1.29 is 27.1 Å². The molecule has 1 rings (SSSR count). The van der Waals surface area contributed by atoms with Gasteiger partial charge in [0.25, 0.3) is 0 Å². The van der Waals surface area contributed by atoms with Crippen molar-refractivity contribution in [3.05, 3.63) is 30.1 Å². The van der Waals surface area contributed by atoms with E-state index in [2.05, 4.69) is 9.17 Å². The summed E-state index contributed by atoms with van der Waals surface area (Å²) < 4.78 is 29.7. The maximum Gasteiger partial charge on any atom is 0.397 e. The minimum absolute atomic E-state index is 0.220. The summed E-state index contributed by atoms with van der Waals surface area (Å²) in [5, 5.41) is 8.34. The molecule has 0 saturated heterocycles. The standard InChI is InChI=1S/C6H5NO2.CH4O4S/c8-6(9)5-2-1-3-7-4-5;1-5-6(2,3)4/h1-4H,(H,8,9);1H3,(H,2,3,4). The summed E-state index contributed by atoms with van der Waals surface area (Å²) in [6.45, 7) is 0. The van der Waals surface area contributed by atoms with Crippen LogP contribution in [0.15, 0.2) is 24.5 Å². The topological polar surface area (TPSA) is 114 Å². The van der Waals surface area contributed by atoms with Gasteiger partial charge < -0.3 is 5.11 Å². The lowest BCUT2D eigenvalue weighted by molar-refractivity contribution is 0.0696. The van der Waals surface area contributed by atoms with Crippen molar-refractivity contribution in [2.45, 2.75) is 0 Å². The second kappa shape index (κ2) is 6.06. The number of aromatic nitrogens is 1. The van der Waals surface area contributed by atoms with Crippen LogP contribution < -0.4 is 0 Å². The van der Waals surface area contributed by atoms with Gasteiger partial charge in [-0.2, -0.15) is 8.42 Å². The van der Waals surface area contributed by atoms with E-state index in [4.69, 9.17) is 9.66 Å². The van der Waals surface area contributed by atoms with E-state index < -0.39 is 16.4 Å². The average molecular weight is 235 g/mol. The van der Waals surface area contributed by atoms with Crippen LogP contribution in [0, 0.1) is 0 Å². The zero-order valence-electron chi connectivity index (χ0n) is 7.69. The van der Waals surface area contributed by atoms with Gasteiger partial charge in [0, 0.05) is 12.4 Å². The number of rotatable bonds is 2. The van der Waals surface area contributed by atoms with E-state index >= 15 is 0 Å². The lowest BCUT2D eigenvalue weighted by atomic mass is 10.3. The summed E-state index contributed by atoms with van der Waals surface area (Å²) in [6, 6.07) is 3.08. The van der Waals surface area contributed by atoms with Crippen molar-refractivity contribution in [1.82, 2.24) is 4.98 Å². The Morgan fingerprint density at radius 2 is 2.07 bits per heavy atom. The summed E-state index contributed by atoms with van der Waals surface area (Å²) in [7, 11) is -3.29. The summed E-state index contributed by atoms with van der Waals surface area (Å²) in [5.74, 6) is -0.942. The fourth-order valence-corrected chi connectivity index (χ4v) is 0.489. The summed E-state index contributed by atoms with van der Waals surface area (Å²) in [4.78, 5) is 13.8. The van der Waals surface area contributed by atoms with Crippen LogP contribution in [-0.2, 0) is 14.6 Å². The molecule has 1 heterocycles. The molecule has 0 fully saturated rings. The third kappa shape index (κ3) is 7.55. The number of aromatic carboxylic acids is 1. The first kappa shape index (κ1) is 13.5. The highest BCUT2D eigenvalue weighted by Crippen LogP contribution is 1.92. The largest absolute Gasteiger partial charge is 0.478 e. The molecule has 0 saturated carbocycles. The summed E-state index contributed by atoms with van der Waals surface area (Å²) in [5.41, 5.74) is 0.220. The van der Waals surface area contributed by atoms with Gasteiger partial charge in [-0.25, -0.2) is 4.79 Å². The maximum atomic E-state index is 10.2. The SMILES string of the molecule is COS(=O)(=O)O.O=C(O)c1cccnc1.